The smallest absolute Gasteiger partial charge is 0.309 e. The molecule has 2 aliphatic rings. The number of rotatable bonds is 0. The summed E-state index contributed by atoms with van der Waals surface area (Å²) in [6.07, 6.45) is 3.37. The first-order valence-electron chi connectivity index (χ1n) is 5.77. The Morgan fingerprint density at radius 1 is 0.938 bits per heavy atom. The molecule has 0 radical (unpaired) electrons. The molecule has 5 nitrogen and oxygen atoms in total. The summed E-state index contributed by atoms with van der Waals surface area (Å²) < 4.78 is 10.2. The van der Waals surface area contributed by atoms with E-state index in [2.05, 4.69) is 0 Å². The van der Waals surface area contributed by atoms with E-state index in [1.165, 1.54) is 0 Å². The van der Waals surface area contributed by atoms with Gasteiger partial charge in [-0.1, -0.05) is 12.8 Å². The maximum absolute atomic E-state index is 11.8. The van der Waals surface area contributed by atoms with E-state index in [1.807, 2.05) is 0 Å². The zero-order valence-electron chi connectivity index (χ0n) is 9.19. The minimum Gasteiger partial charge on any atom is -0.464 e. The second kappa shape index (κ2) is 4.82. The second-order valence-electron chi connectivity index (χ2n) is 4.52. The molecule has 1 saturated heterocycles. The highest BCUT2D eigenvalue weighted by Gasteiger charge is 2.38. The van der Waals surface area contributed by atoms with Gasteiger partial charge >= 0.3 is 11.9 Å². The minimum atomic E-state index is -0.409. The van der Waals surface area contributed by atoms with E-state index in [-0.39, 0.29) is 37.0 Å². The summed E-state index contributed by atoms with van der Waals surface area (Å²) in [6, 6.07) is -0.409. The van der Waals surface area contributed by atoms with Gasteiger partial charge in [0.25, 0.3) is 0 Å². The number of hydrogen-bond acceptors (Lipinski definition) is 5. The zero-order valence-corrected chi connectivity index (χ0v) is 9.19. The van der Waals surface area contributed by atoms with Gasteiger partial charge in [0.15, 0.2) is 0 Å². The molecule has 2 fully saturated rings. The number of esters is 2. The largest absolute Gasteiger partial charge is 0.464 e. The molecule has 2 unspecified atom stereocenters. The quantitative estimate of drug-likeness (QED) is 0.599. The highest BCUT2D eigenvalue weighted by Crippen LogP contribution is 2.32. The number of ether oxygens (including phenoxy) is 2. The Balaban J connectivity index is 2.14. The molecule has 2 N–H and O–H groups in total. The summed E-state index contributed by atoms with van der Waals surface area (Å²) in [7, 11) is 0. The number of nitrogens with two attached hydrogens (primary N) is 1. The van der Waals surface area contributed by atoms with E-state index in [9.17, 15) is 9.59 Å². The zero-order chi connectivity index (χ0) is 11.5. The van der Waals surface area contributed by atoms with E-state index in [4.69, 9.17) is 15.2 Å². The molecule has 1 heterocycles. The Bertz CT molecular complexity index is 264. The topological polar surface area (TPSA) is 78.6 Å². The van der Waals surface area contributed by atoms with Crippen LogP contribution in [-0.2, 0) is 19.1 Å². The highest BCUT2D eigenvalue weighted by molar-refractivity contribution is 5.82. The van der Waals surface area contributed by atoms with Crippen molar-refractivity contribution in [2.24, 2.45) is 17.6 Å². The van der Waals surface area contributed by atoms with Crippen molar-refractivity contribution in [3.8, 4) is 0 Å². The van der Waals surface area contributed by atoms with Crippen LogP contribution in [0.4, 0.5) is 0 Å². The van der Waals surface area contributed by atoms with Crippen LogP contribution in [0.2, 0.25) is 0 Å². The predicted octanol–water partition coefficient (Wildman–Crippen LogP) is 0.220. The van der Waals surface area contributed by atoms with Gasteiger partial charge in [0.2, 0.25) is 0 Å². The number of fused-ring (bicyclic) bond motifs is 1. The highest BCUT2D eigenvalue weighted by atomic mass is 16.6. The molecule has 0 aromatic carbocycles. The molecule has 5 heteroatoms. The van der Waals surface area contributed by atoms with Crippen LogP contribution in [0.3, 0.4) is 0 Å². The van der Waals surface area contributed by atoms with Crippen LogP contribution in [0.1, 0.15) is 25.7 Å². The fourth-order valence-corrected chi connectivity index (χ4v) is 2.34. The number of hydrogen-bond donors (Lipinski definition) is 1. The molecule has 90 valence electrons. The van der Waals surface area contributed by atoms with Crippen LogP contribution in [-0.4, -0.2) is 31.2 Å². The molecule has 0 aromatic rings. The second-order valence-corrected chi connectivity index (χ2v) is 4.52. The van der Waals surface area contributed by atoms with Crippen molar-refractivity contribution in [2.45, 2.75) is 31.7 Å². The average molecular weight is 227 g/mol. The van der Waals surface area contributed by atoms with Crippen LogP contribution in [0, 0.1) is 11.8 Å². The lowest BCUT2D eigenvalue weighted by Gasteiger charge is -2.26. The van der Waals surface area contributed by atoms with Crippen molar-refractivity contribution >= 4 is 11.9 Å². The Hall–Kier alpha value is -1.10. The first-order chi connectivity index (χ1) is 7.68. The van der Waals surface area contributed by atoms with E-state index in [1.54, 1.807) is 0 Å². The molecule has 2 rings (SSSR count). The van der Waals surface area contributed by atoms with Gasteiger partial charge in [-0.3, -0.25) is 9.59 Å². The Morgan fingerprint density at radius 3 is 1.81 bits per heavy atom. The van der Waals surface area contributed by atoms with Crippen molar-refractivity contribution in [2.75, 3.05) is 13.2 Å². The Kier molecular flexibility index (Phi) is 3.43. The monoisotopic (exact) mass is 227 g/mol. The van der Waals surface area contributed by atoms with E-state index in [0.717, 1.165) is 12.8 Å². The molecule has 0 spiro atoms. The first-order valence-corrected chi connectivity index (χ1v) is 5.77. The summed E-state index contributed by atoms with van der Waals surface area (Å²) in [4.78, 5) is 23.5. The lowest BCUT2D eigenvalue weighted by molar-refractivity contribution is -0.159. The predicted molar refractivity (Wildman–Crippen MR) is 55.3 cm³/mol. The van der Waals surface area contributed by atoms with Gasteiger partial charge in [0, 0.05) is 0 Å². The van der Waals surface area contributed by atoms with Crippen LogP contribution in [0.15, 0.2) is 0 Å². The molecule has 0 bridgehead atoms. The Labute approximate surface area is 94.3 Å². The molecule has 1 aliphatic carbocycles. The lowest BCUT2D eigenvalue weighted by Crippen LogP contribution is -2.34. The van der Waals surface area contributed by atoms with Crippen LogP contribution >= 0.6 is 0 Å². The van der Waals surface area contributed by atoms with Crippen molar-refractivity contribution in [1.29, 1.82) is 0 Å². The van der Waals surface area contributed by atoms with Crippen LogP contribution < -0.4 is 5.73 Å². The van der Waals surface area contributed by atoms with Gasteiger partial charge < -0.3 is 15.2 Å². The molecule has 2 atom stereocenters. The maximum atomic E-state index is 11.8. The maximum Gasteiger partial charge on any atom is 0.309 e. The van der Waals surface area contributed by atoms with Gasteiger partial charge in [0.05, 0.1) is 17.9 Å². The first kappa shape index (κ1) is 11.4. The summed E-state index contributed by atoms with van der Waals surface area (Å²) in [6.45, 7) is 0.269. The van der Waals surface area contributed by atoms with E-state index in [0.29, 0.717) is 12.8 Å². The SMILES string of the molecule is NC1COC(=O)C2CCCCC2C(=O)OC1. The standard InChI is InChI=1S/C11H17NO4/c12-7-5-15-10(13)8-3-1-2-4-9(8)11(14)16-6-7/h7-9H,1-6,12H2. The molecule has 0 amide bonds. The van der Waals surface area contributed by atoms with Crippen LogP contribution in [0.25, 0.3) is 0 Å². The molecular formula is C11H17NO4. The summed E-state index contributed by atoms with van der Waals surface area (Å²) in [5, 5.41) is 0. The van der Waals surface area contributed by atoms with Crippen molar-refractivity contribution < 1.29 is 19.1 Å². The fraction of sp³-hybridized carbons (Fsp3) is 0.818. The average Bonchev–Trinajstić information content (AvgIpc) is 2.36. The van der Waals surface area contributed by atoms with Gasteiger partial charge in [-0.05, 0) is 12.8 Å². The Morgan fingerprint density at radius 2 is 1.38 bits per heavy atom. The fourth-order valence-electron chi connectivity index (χ4n) is 2.34. The lowest BCUT2D eigenvalue weighted by atomic mass is 9.79. The van der Waals surface area contributed by atoms with Gasteiger partial charge in [0.1, 0.15) is 13.2 Å². The van der Waals surface area contributed by atoms with Crippen molar-refractivity contribution in [3.05, 3.63) is 0 Å². The van der Waals surface area contributed by atoms with Gasteiger partial charge in [-0.15, -0.1) is 0 Å². The third-order valence-corrected chi connectivity index (χ3v) is 3.25. The van der Waals surface area contributed by atoms with Crippen molar-refractivity contribution in [3.63, 3.8) is 0 Å². The summed E-state index contributed by atoms with van der Waals surface area (Å²) in [5.41, 5.74) is 5.63. The molecule has 16 heavy (non-hydrogen) atoms. The van der Waals surface area contributed by atoms with Gasteiger partial charge in [-0.25, -0.2) is 0 Å². The normalized spacial score (nSPS) is 36.2. The number of cyclic esters (lactones) is 2. The van der Waals surface area contributed by atoms with E-state index >= 15 is 0 Å². The molecule has 1 saturated carbocycles. The molecule has 0 aromatic heterocycles. The summed E-state index contributed by atoms with van der Waals surface area (Å²) >= 11 is 0. The van der Waals surface area contributed by atoms with E-state index < -0.39 is 6.04 Å². The third-order valence-electron chi connectivity index (χ3n) is 3.25. The number of carbonyl (C=O) groups excluding carboxylic acids is 2. The number of carbonyl (C=O) groups is 2. The van der Waals surface area contributed by atoms with Gasteiger partial charge in [-0.2, -0.15) is 0 Å². The van der Waals surface area contributed by atoms with Crippen molar-refractivity contribution in [1.82, 2.24) is 0 Å². The molecular weight excluding hydrogens is 210 g/mol. The van der Waals surface area contributed by atoms with Crippen LogP contribution in [0.5, 0.6) is 0 Å². The third kappa shape index (κ3) is 2.35. The summed E-state index contributed by atoms with van der Waals surface area (Å²) in [5.74, 6) is -1.24. The minimum absolute atomic E-state index is 0.134. The molecule has 1 aliphatic heterocycles.